The van der Waals surface area contributed by atoms with Crippen molar-refractivity contribution in [2.75, 3.05) is 17.7 Å². The third kappa shape index (κ3) is 6.64. The smallest absolute Gasteiger partial charge is 0.281 e. The van der Waals surface area contributed by atoms with Crippen molar-refractivity contribution in [2.45, 2.75) is 17.8 Å². The van der Waals surface area contributed by atoms with Gasteiger partial charge in [0.1, 0.15) is 11.6 Å². The molecule has 2 N–H and O–H groups in total. The highest BCUT2D eigenvalue weighted by Gasteiger charge is 2.21. The maximum atomic E-state index is 13.2. The monoisotopic (exact) mass is 530 g/mol. The van der Waals surface area contributed by atoms with E-state index in [-0.39, 0.29) is 46.4 Å². The molecule has 0 saturated carbocycles. The normalized spacial score (nSPS) is 10.8. The maximum absolute atomic E-state index is 13.2. The van der Waals surface area contributed by atoms with Gasteiger partial charge in [-0.15, -0.1) is 10.2 Å². The summed E-state index contributed by atoms with van der Waals surface area (Å²) in [6.07, 6.45) is 1.54. The molecular formula is C23H20F2N6O3S2. The van der Waals surface area contributed by atoms with E-state index in [2.05, 4.69) is 25.9 Å². The molecule has 2 aromatic heterocycles. The molecule has 13 heteroatoms. The molecule has 186 valence electrons. The number of hydrogen-bond donors (Lipinski definition) is 2. The van der Waals surface area contributed by atoms with Crippen molar-refractivity contribution in [1.82, 2.24) is 25.3 Å². The summed E-state index contributed by atoms with van der Waals surface area (Å²) in [7, 11) is 0. The summed E-state index contributed by atoms with van der Waals surface area (Å²) in [5.41, 5.74) is 1.37. The lowest BCUT2D eigenvalue weighted by Gasteiger charge is -2.04. The van der Waals surface area contributed by atoms with Crippen molar-refractivity contribution in [3.63, 3.8) is 0 Å². The Morgan fingerprint density at radius 1 is 1.06 bits per heavy atom. The highest BCUT2D eigenvalue weighted by molar-refractivity contribution is 8.01. The maximum Gasteiger partial charge on any atom is 0.281 e. The van der Waals surface area contributed by atoms with Gasteiger partial charge < -0.3 is 10.1 Å². The zero-order valence-corrected chi connectivity index (χ0v) is 20.5. The third-order valence-corrected chi connectivity index (χ3v) is 6.62. The second-order valence-corrected chi connectivity index (χ2v) is 9.42. The largest absolute Gasteiger partial charge is 0.490 e. The van der Waals surface area contributed by atoms with E-state index in [1.165, 1.54) is 59.0 Å². The average Bonchev–Trinajstić information content (AvgIpc) is 3.50. The summed E-state index contributed by atoms with van der Waals surface area (Å²) in [6.45, 7) is 2.38. The van der Waals surface area contributed by atoms with Crippen molar-refractivity contribution in [2.24, 2.45) is 0 Å². The lowest BCUT2D eigenvalue weighted by atomic mass is 10.2. The minimum Gasteiger partial charge on any atom is -0.490 e. The Hall–Kier alpha value is -3.84. The van der Waals surface area contributed by atoms with Gasteiger partial charge in [-0.2, -0.15) is 5.10 Å². The van der Waals surface area contributed by atoms with Crippen molar-refractivity contribution in [3.8, 4) is 11.4 Å². The van der Waals surface area contributed by atoms with Gasteiger partial charge in [0, 0.05) is 6.54 Å². The molecule has 2 amide bonds. The first-order valence-corrected chi connectivity index (χ1v) is 12.5. The van der Waals surface area contributed by atoms with Crippen LogP contribution >= 0.6 is 23.1 Å². The van der Waals surface area contributed by atoms with Crippen LogP contribution in [0, 0.1) is 11.6 Å². The minimum absolute atomic E-state index is 0.0331. The number of carbonyl (C=O) groups is 2. The van der Waals surface area contributed by atoms with E-state index >= 15 is 0 Å². The van der Waals surface area contributed by atoms with Crippen LogP contribution in [-0.4, -0.2) is 44.2 Å². The lowest BCUT2D eigenvalue weighted by Crippen LogP contribution is -2.24. The van der Waals surface area contributed by atoms with E-state index in [0.29, 0.717) is 16.6 Å². The van der Waals surface area contributed by atoms with Gasteiger partial charge in [0.05, 0.1) is 24.2 Å². The van der Waals surface area contributed by atoms with E-state index in [4.69, 9.17) is 4.74 Å². The van der Waals surface area contributed by atoms with E-state index in [0.717, 1.165) is 16.9 Å². The van der Waals surface area contributed by atoms with Crippen LogP contribution in [0.15, 0.2) is 59.1 Å². The quantitative estimate of drug-likeness (QED) is 0.235. The molecule has 0 radical (unpaired) electrons. The molecule has 4 rings (SSSR count). The van der Waals surface area contributed by atoms with Gasteiger partial charge in [0.25, 0.3) is 5.91 Å². The molecular weight excluding hydrogens is 510 g/mol. The van der Waals surface area contributed by atoms with Crippen LogP contribution in [0.2, 0.25) is 0 Å². The van der Waals surface area contributed by atoms with Gasteiger partial charge in [0.2, 0.25) is 11.0 Å². The van der Waals surface area contributed by atoms with Gasteiger partial charge in [-0.05, 0) is 48.9 Å². The Morgan fingerprint density at radius 3 is 2.44 bits per heavy atom. The summed E-state index contributed by atoms with van der Waals surface area (Å²) in [6, 6.07) is 11.5. The number of nitrogens with zero attached hydrogens (tertiary/aromatic N) is 4. The molecule has 4 aromatic rings. The van der Waals surface area contributed by atoms with E-state index in [9.17, 15) is 18.4 Å². The SMILES string of the molecule is CCOc1cn(-c2ccc(F)cc2)nc1C(=O)Nc1nnc(SCC(=O)NCc2ccc(F)cc2)s1. The molecule has 0 aliphatic carbocycles. The van der Waals surface area contributed by atoms with Crippen molar-refractivity contribution in [3.05, 3.63) is 77.6 Å². The van der Waals surface area contributed by atoms with Crippen LogP contribution in [0.4, 0.5) is 13.9 Å². The number of amides is 2. The number of nitrogens with one attached hydrogen (secondary N) is 2. The molecule has 0 spiro atoms. The van der Waals surface area contributed by atoms with Crippen molar-refractivity contribution in [1.29, 1.82) is 0 Å². The first kappa shape index (κ1) is 25.3. The first-order chi connectivity index (χ1) is 17.4. The van der Waals surface area contributed by atoms with Gasteiger partial charge in [-0.3, -0.25) is 14.9 Å². The van der Waals surface area contributed by atoms with Crippen LogP contribution < -0.4 is 15.4 Å². The van der Waals surface area contributed by atoms with Crippen LogP contribution in [0.1, 0.15) is 23.0 Å². The van der Waals surface area contributed by atoms with Crippen LogP contribution in [0.25, 0.3) is 5.69 Å². The van der Waals surface area contributed by atoms with Gasteiger partial charge in [-0.1, -0.05) is 35.2 Å². The van der Waals surface area contributed by atoms with Gasteiger partial charge >= 0.3 is 0 Å². The molecule has 0 unspecified atom stereocenters. The van der Waals surface area contributed by atoms with E-state index < -0.39 is 5.91 Å². The standard InChI is InChI=1S/C23H20F2N6O3S2/c1-2-34-18-12-31(17-9-7-16(25)8-10-17)30-20(18)21(33)27-22-28-29-23(36-22)35-13-19(32)26-11-14-3-5-15(24)6-4-14/h3-10,12H,2,11,13H2,1H3,(H,26,32)(H,27,28,33). The van der Waals surface area contributed by atoms with E-state index in [1.807, 2.05) is 0 Å². The Labute approximate surface area is 212 Å². The number of halogens is 2. The zero-order chi connectivity index (χ0) is 25.5. The fraction of sp³-hybridized carbons (Fsp3) is 0.174. The van der Waals surface area contributed by atoms with Crippen LogP contribution in [-0.2, 0) is 11.3 Å². The number of rotatable bonds is 10. The topological polar surface area (TPSA) is 111 Å². The molecule has 9 nitrogen and oxygen atoms in total. The summed E-state index contributed by atoms with van der Waals surface area (Å²) >= 11 is 2.28. The Kier molecular flexibility index (Phi) is 8.23. The van der Waals surface area contributed by atoms with Gasteiger partial charge in [-0.25, -0.2) is 13.5 Å². The number of benzene rings is 2. The number of hydrogen-bond acceptors (Lipinski definition) is 8. The molecule has 0 fully saturated rings. The molecule has 0 aliphatic heterocycles. The average molecular weight is 531 g/mol. The van der Waals surface area contributed by atoms with Crippen LogP contribution in [0.5, 0.6) is 5.75 Å². The molecule has 0 aliphatic rings. The number of thioether (sulfide) groups is 1. The number of carbonyl (C=O) groups excluding carboxylic acids is 2. The summed E-state index contributed by atoms with van der Waals surface area (Å²) in [4.78, 5) is 24.9. The van der Waals surface area contributed by atoms with Crippen molar-refractivity contribution < 1.29 is 23.1 Å². The number of anilines is 1. The highest BCUT2D eigenvalue weighted by Crippen LogP contribution is 2.27. The lowest BCUT2D eigenvalue weighted by molar-refractivity contribution is -0.118. The predicted molar refractivity (Wildman–Crippen MR) is 132 cm³/mol. The van der Waals surface area contributed by atoms with Gasteiger partial charge in [0.15, 0.2) is 15.8 Å². The second kappa shape index (κ2) is 11.7. The third-order valence-electron chi connectivity index (χ3n) is 4.64. The summed E-state index contributed by atoms with van der Waals surface area (Å²) < 4.78 is 33.6. The molecule has 2 heterocycles. The minimum atomic E-state index is -0.552. The molecule has 0 saturated heterocycles. The Bertz CT molecular complexity index is 1340. The first-order valence-electron chi connectivity index (χ1n) is 10.7. The molecule has 2 aromatic carbocycles. The summed E-state index contributed by atoms with van der Waals surface area (Å²) in [5, 5.41) is 17.8. The zero-order valence-electron chi connectivity index (χ0n) is 18.9. The molecule has 0 bridgehead atoms. The molecule has 36 heavy (non-hydrogen) atoms. The van der Waals surface area contributed by atoms with Crippen molar-refractivity contribution >= 4 is 40.0 Å². The highest BCUT2D eigenvalue weighted by atomic mass is 32.2. The predicted octanol–water partition coefficient (Wildman–Crippen LogP) is 4.06. The summed E-state index contributed by atoms with van der Waals surface area (Å²) in [5.74, 6) is -1.14. The number of ether oxygens (including phenoxy) is 1. The van der Waals surface area contributed by atoms with Crippen LogP contribution in [0.3, 0.4) is 0 Å². The number of aromatic nitrogens is 4. The Balaban J connectivity index is 1.33. The second-order valence-electron chi connectivity index (χ2n) is 7.22. The fourth-order valence-electron chi connectivity index (χ4n) is 2.96. The fourth-order valence-corrected chi connectivity index (χ4v) is 4.54. The molecule has 0 atom stereocenters. The Morgan fingerprint density at radius 2 is 1.75 bits per heavy atom. The van der Waals surface area contributed by atoms with E-state index in [1.54, 1.807) is 19.1 Å².